The number of aliphatic hydroxyl groups is 2. The van der Waals surface area contributed by atoms with Gasteiger partial charge in [0, 0.05) is 0 Å². The number of halogens is 1. The molecule has 0 aromatic carbocycles. The third-order valence-corrected chi connectivity index (χ3v) is 3.31. The van der Waals surface area contributed by atoms with Gasteiger partial charge in [-0.05, 0) is 6.92 Å². The molecule has 3 heterocycles. The van der Waals surface area contributed by atoms with Crippen LogP contribution in [0.5, 0.6) is 0 Å². The molecule has 8 nitrogen and oxygen atoms in total. The normalized spacial score (nSPS) is 30.2. The fourth-order valence-electron chi connectivity index (χ4n) is 2.32. The third kappa shape index (κ3) is 1.82. The number of rotatable bonds is 2. The van der Waals surface area contributed by atoms with E-state index in [1.807, 2.05) is 0 Å². The number of nitrogen functional groups attached to an aromatic ring is 1. The molecule has 2 aromatic heterocycles. The van der Waals surface area contributed by atoms with Gasteiger partial charge in [-0.25, -0.2) is 19.3 Å². The minimum absolute atomic E-state index is 0.193. The predicted molar refractivity (Wildman–Crippen MR) is 66.4 cm³/mol. The molecular formula is C11H14FN5O3. The maximum Gasteiger partial charge on any atom is 0.173 e. The van der Waals surface area contributed by atoms with Gasteiger partial charge in [-0.15, -0.1) is 0 Å². The van der Waals surface area contributed by atoms with E-state index >= 15 is 0 Å². The molecule has 20 heavy (non-hydrogen) atoms. The van der Waals surface area contributed by atoms with E-state index in [4.69, 9.17) is 15.6 Å². The number of nitrogens with zero attached hydrogens (tertiary/aromatic N) is 4. The zero-order valence-corrected chi connectivity index (χ0v) is 10.6. The number of aliphatic hydroxyl groups excluding tert-OH is 2. The Balaban J connectivity index is 2.07. The van der Waals surface area contributed by atoms with E-state index in [2.05, 4.69) is 15.0 Å². The smallest absolute Gasteiger partial charge is 0.173 e. The number of fused-ring (bicyclic) bond motifs is 1. The van der Waals surface area contributed by atoms with Crippen LogP contribution in [0.4, 0.5) is 10.2 Å². The summed E-state index contributed by atoms with van der Waals surface area (Å²) < 4.78 is 20.8. The molecule has 108 valence electrons. The zero-order chi connectivity index (χ0) is 14.4. The molecule has 1 fully saturated rings. The first-order valence-electron chi connectivity index (χ1n) is 6.08. The van der Waals surface area contributed by atoms with Gasteiger partial charge in [0.25, 0.3) is 0 Å². The maximum absolute atomic E-state index is 14.1. The lowest BCUT2D eigenvalue weighted by Gasteiger charge is -2.15. The fourth-order valence-corrected chi connectivity index (χ4v) is 2.32. The van der Waals surface area contributed by atoms with E-state index in [1.54, 1.807) is 6.92 Å². The van der Waals surface area contributed by atoms with Gasteiger partial charge in [-0.2, -0.15) is 0 Å². The van der Waals surface area contributed by atoms with Gasteiger partial charge in [0.2, 0.25) is 0 Å². The molecule has 4 N–H and O–H groups in total. The number of ether oxygens (including phenoxy) is 1. The summed E-state index contributed by atoms with van der Waals surface area (Å²) in [5, 5.41) is 18.7. The number of nitrogens with two attached hydrogens (primary N) is 1. The van der Waals surface area contributed by atoms with Crippen molar-refractivity contribution in [1.29, 1.82) is 0 Å². The SMILES string of the molecule is Cc1nc(N)c2ncn([C@@H]3O[C@H](CO)C(O)[C@H]3F)c2n1. The van der Waals surface area contributed by atoms with Crippen molar-refractivity contribution < 1.29 is 19.3 Å². The van der Waals surface area contributed by atoms with Gasteiger partial charge in [0.1, 0.15) is 23.5 Å². The minimum atomic E-state index is -1.69. The van der Waals surface area contributed by atoms with E-state index in [0.717, 1.165) is 0 Å². The van der Waals surface area contributed by atoms with Crippen LogP contribution in [0.3, 0.4) is 0 Å². The second-order valence-electron chi connectivity index (χ2n) is 4.66. The Labute approximate surface area is 113 Å². The summed E-state index contributed by atoms with van der Waals surface area (Å²) in [6.45, 7) is 1.18. The van der Waals surface area contributed by atoms with Gasteiger partial charge < -0.3 is 20.7 Å². The highest BCUT2D eigenvalue weighted by Crippen LogP contribution is 2.33. The predicted octanol–water partition coefficient (Wildman–Crippen LogP) is -0.694. The molecule has 9 heteroatoms. The van der Waals surface area contributed by atoms with Crippen molar-refractivity contribution in [2.24, 2.45) is 0 Å². The molecule has 0 bridgehead atoms. The van der Waals surface area contributed by atoms with Crippen molar-refractivity contribution in [3.05, 3.63) is 12.2 Å². The lowest BCUT2D eigenvalue weighted by atomic mass is 10.1. The van der Waals surface area contributed by atoms with Crippen LogP contribution in [-0.2, 0) is 4.74 Å². The first-order chi connectivity index (χ1) is 9.52. The highest BCUT2D eigenvalue weighted by molar-refractivity contribution is 5.81. The fraction of sp³-hybridized carbons (Fsp3) is 0.545. The van der Waals surface area contributed by atoms with Crippen molar-refractivity contribution in [3.8, 4) is 0 Å². The van der Waals surface area contributed by atoms with Crippen molar-refractivity contribution >= 4 is 17.0 Å². The zero-order valence-electron chi connectivity index (χ0n) is 10.6. The number of anilines is 1. The van der Waals surface area contributed by atoms with E-state index in [9.17, 15) is 9.50 Å². The summed E-state index contributed by atoms with van der Waals surface area (Å²) in [5.41, 5.74) is 6.40. The van der Waals surface area contributed by atoms with E-state index in [1.165, 1.54) is 10.9 Å². The average Bonchev–Trinajstić information content (AvgIpc) is 2.93. The molecule has 2 aromatic rings. The van der Waals surface area contributed by atoms with Gasteiger partial charge in [-0.1, -0.05) is 0 Å². The largest absolute Gasteiger partial charge is 0.394 e. The first kappa shape index (κ1) is 13.2. The van der Waals surface area contributed by atoms with Crippen LogP contribution < -0.4 is 5.73 Å². The number of alkyl halides is 1. The van der Waals surface area contributed by atoms with Crippen molar-refractivity contribution in [1.82, 2.24) is 19.5 Å². The molecule has 4 atom stereocenters. The lowest BCUT2D eigenvalue weighted by Crippen LogP contribution is -2.30. The summed E-state index contributed by atoms with van der Waals surface area (Å²) in [7, 11) is 0. The molecule has 1 aliphatic rings. The summed E-state index contributed by atoms with van der Waals surface area (Å²) >= 11 is 0. The van der Waals surface area contributed by atoms with Gasteiger partial charge >= 0.3 is 0 Å². The van der Waals surface area contributed by atoms with Gasteiger partial charge in [0.05, 0.1) is 12.9 Å². The summed E-state index contributed by atoms with van der Waals surface area (Å²) in [4.78, 5) is 12.2. The monoisotopic (exact) mass is 283 g/mol. The molecule has 0 radical (unpaired) electrons. The van der Waals surface area contributed by atoms with Crippen LogP contribution in [0.1, 0.15) is 12.1 Å². The number of hydrogen-bond donors (Lipinski definition) is 3. The van der Waals surface area contributed by atoms with Crippen LogP contribution in [0.25, 0.3) is 11.2 Å². The molecule has 1 aliphatic heterocycles. The van der Waals surface area contributed by atoms with Crippen molar-refractivity contribution in [2.75, 3.05) is 12.3 Å². The maximum atomic E-state index is 14.1. The van der Waals surface area contributed by atoms with Crippen LogP contribution in [-0.4, -0.2) is 54.7 Å². The first-order valence-corrected chi connectivity index (χ1v) is 6.08. The van der Waals surface area contributed by atoms with Crippen LogP contribution in [0, 0.1) is 6.92 Å². The van der Waals surface area contributed by atoms with Crippen molar-refractivity contribution in [3.63, 3.8) is 0 Å². The topological polar surface area (TPSA) is 119 Å². The Morgan fingerprint density at radius 3 is 2.90 bits per heavy atom. The molecule has 0 spiro atoms. The standard InChI is InChI=1S/C11H14FN5O3/c1-4-15-9(13)7-10(16-4)17(3-14-7)11-6(12)8(19)5(2-18)20-11/h3,5-6,8,11,18-19H,2H2,1H3,(H2,13,15,16)/t5-,6-,8?,11-/m1/s1. The Kier molecular flexibility index (Phi) is 3.04. The summed E-state index contributed by atoms with van der Waals surface area (Å²) in [6.07, 6.45) is -3.85. The van der Waals surface area contributed by atoms with E-state index in [-0.39, 0.29) is 5.82 Å². The van der Waals surface area contributed by atoms with E-state index in [0.29, 0.717) is 17.0 Å². The Morgan fingerprint density at radius 1 is 1.50 bits per heavy atom. The van der Waals surface area contributed by atoms with Crippen LogP contribution >= 0.6 is 0 Å². The third-order valence-electron chi connectivity index (χ3n) is 3.31. The Bertz CT molecular complexity index is 648. The molecule has 0 saturated carbocycles. The van der Waals surface area contributed by atoms with Gasteiger partial charge in [0.15, 0.2) is 23.9 Å². The van der Waals surface area contributed by atoms with E-state index < -0.39 is 31.2 Å². The summed E-state index contributed by atoms with van der Waals surface area (Å²) in [5.74, 6) is 0.614. The number of imidazole rings is 1. The minimum Gasteiger partial charge on any atom is -0.394 e. The van der Waals surface area contributed by atoms with Crippen molar-refractivity contribution in [2.45, 2.75) is 31.5 Å². The average molecular weight is 283 g/mol. The highest BCUT2D eigenvalue weighted by Gasteiger charge is 2.45. The highest BCUT2D eigenvalue weighted by atomic mass is 19.1. The molecular weight excluding hydrogens is 269 g/mol. The lowest BCUT2D eigenvalue weighted by molar-refractivity contribution is -0.0459. The van der Waals surface area contributed by atoms with Crippen LogP contribution in [0.15, 0.2) is 6.33 Å². The molecule has 0 amide bonds. The quantitative estimate of drug-likeness (QED) is 0.667. The molecule has 0 aliphatic carbocycles. The molecule has 1 saturated heterocycles. The number of aryl methyl sites for hydroxylation is 1. The Morgan fingerprint density at radius 2 is 2.25 bits per heavy atom. The van der Waals surface area contributed by atoms with Crippen LogP contribution in [0.2, 0.25) is 0 Å². The molecule has 3 rings (SSSR count). The molecule has 1 unspecified atom stereocenters. The number of aromatic nitrogens is 4. The second kappa shape index (κ2) is 4.62. The Hall–Kier alpha value is -1.84. The van der Waals surface area contributed by atoms with Gasteiger partial charge in [-0.3, -0.25) is 4.57 Å². The second-order valence-corrected chi connectivity index (χ2v) is 4.66. The summed E-state index contributed by atoms with van der Waals surface area (Å²) in [6, 6.07) is 0. The number of hydrogen-bond acceptors (Lipinski definition) is 7.